The van der Waals surface area contributed by atoms with Gasteiger partial charge in [-0.3, -0.25) is 0 Å². The maximum absolute atomic E-state index is 14.9. The summed E-state index contributed by atoms with van der Waals surface area (Å²) in [5.41, 5.74) is -0.225. The molecule has 0 radical (unpaired) electrons. The highest BCUT2D eigenvalue weighted by atomic mass is 19.2. The SMILES string of the molecule is CCCCOc1ccc(-c2ccc(C3CCC(CCCC)CC3)c(F)c2F)c(F)c1F. The minimum Gasteiger partial charge on any atom is -0.490 e. The van der Waals surface area contributed by atoms with Gasteiger partial charge in [-0.15, -0.1) is 0 Å². The topological polar surface area (TPSA) is 9.23 Å². The van der Waals surface area contributed by atoms with E-state index in [0.717, 1.165) is 32.1 Å². The zero-order valence-electron chi connectivity index (χ0n) is 18.5. The molecular weight excluding hydrogens is 404 g/mol. The maximum Gasteiger partial charge on any atom is 0.201 e. The Balaban J connectivity index is 1.79. The van der Waals surface area contributed by atoms with Crippen LogP contribution in [0.15, 0.2) is 24.3 Å². The summed E-state index contributed by atoms with van der Waals surface area (Å²) < 4.78 is 64.1. The first-order valence-electron chi connectivity index (χ1n) is 11.6. The zero-order chi connectivity index (χ0) is 22.4. The number of hydrogen-bond acceptors (Lipinski definition) is 1. The van der Waals surface area contributed by atoms with Crippen molar-refractivity contribution >= 4 is 0 Å². The van der Waals surface area contributed by atoms with Gasteiger partial charge in [0.1, 0.15) is 0 Å². The van der Waals surface area contributed by atoms with E-state index in [1.807, 2.05) is 6.92 Å². The number of benzene rings is 2. The molecule has 0 amide bonds. The molecule has 0 N–H and O–H groups in total. The Hall–Kier alpha value is -2.04. The summed E-state index contributed by atoms with van der Waals surface area (Å²) >= 11 is 0. The molecule has 0 heterocycles. The summed E-state index contributed by atoms with van der Waals surface area (Å²) in [5.74, 6) is -4.05. The molecule has 2 aromatic carbocycles. The minimum atomic E-state index is -1.23. The highest BCUT2D eigenvalue weighted by Crippen LogP contribution is 2.41. The largest absolute Gasteiger partial charge is 0.490 e. The lowest BCUT2D eigenvalue weighted by Gasteiger charge is -2.29. The van der Waals surface area contributed by atoms with E-state index in [4.69, 9.17) is 4.74 Å². The Kier molecular flexibility index (Phi) is 8.39. The van der Waals surface area contributed by atoms with E-state index in [0.29, 0.717) is 17.9 Å². The van der Waals surface area contributed by atoms with E-state index >= 15 is 0 Å². The third kappa shape index (κ3) is 5.42. The van der Waals surface area contributed by atoms with Gasteiger partial charge >= 0.3 is 0 Å². The fraction of sp³-hybridized carbons (Fsp3) is 0.538. The fourth-order valence-corrected chi connectivity index (χ4v) is 4.52. The standard InChI is InChI=1S/C26H32F4O/c1-3-5-7-17-8-10-18(11-9-17)19-12-13-20(24(28)23(19)27)21-14-15-22(26(30)25(21)29)31-16-6-4-2/h12-15,17-18H,3-11,16H2,1-2H3. The molecule has 1 nitrogen and oxygen atoms in total. The second-order valence-electron chi connectivity index (χ2n) is 8.63. The smallest absolute Gasteiger partial charge is 0.201 e. The van der Waals surface area contributed by atoms with Crippen LogP contribution in [0.1, 0.15) is 83.1 Å². The van der Waals surface area contributed by atoms with Gasteiger partial charge in [-0.25, -0.2) is 13.2 Å². The van der Waals surface area contributed by atoms with Crippen molar-refractivity contribution < 1.29 is 22.3 Å². The quantitative estimate of drug-likeness (QED) is 0.283. The molecule has 0 bridgehead atoms. The summed E-state index contributed by atoms with van der Waals surface area (Å²) in [6.07, 6.45) is 8.85. The van der Waals surface area contributed by atoms with Crippen LogP contribution in [0.4, 0.5) is 17.6 Å². The Labute approximate surface area is 182 Å². The number of rotatable bonds is 9. The Bertz CT molecular complexity index is 872. The lowest BCUT2D eigenvalue weighted by Crippen LogP contribution is -2.15. The van der Waals surface area contributed by atoms with Crippen LogP contribution < -0.4 is 4.74 Å². The van der Waals surface area contributed by atoms with E-state index in [-0.39, 0.29) is 29.4 Å². The minimum absolute atomic E-state index is 0.0302. The van der Waals surface area contributed by atoms with E-state index in [1.165, 1.54) is 43.5 Å². The van der Waals surface area contributed by atoms with E-state index in [1.54, 1.807) is 0 Å². The predicted molar refractivity (Wildman–Crippen MR) is 116 cm³/mol. The lowest BCUT2D eigenvalue weighted by molar-refractivity contribution is 0.289. The van der Waals surface area contributed by atoms with Crippen LogP contribution in [0.5, 0.6) is 5.75 Å². The first-order chi connectivity index (χ1) is 15.0. The van der Waals surface area contributed by atoms with Crippen LogP contribution in [0.25, 0.3) is 11.1 Å². The van der Waals surface area contributed by atoms with Gasteiger partial charge in [-0.2, -0.15) is 4.39 Å². The zero-order valence-corrected chi connectivity index (χ0v) is 18.5. The van der Waals surface area contributed by atoms with Crippen LogP contribution in [-0.2, 0) is 0 Å². The van der Waals surface area contributed by atoms with Gasteiger partial charge in [-0.05, 0) is 61.6 Å². The third-order valence-corrected chi connectivity index (χ3v) is 6.46. The summed E-state index contributed by atoms with van der Waals surface area (Å²) in [6, 6.07) is 5.42. The Morgan fingerprint density at radius 3 is 2.00 bits per heavy atom. The molecule has 31 heavy (non-hydrogen) atoms. The number of halogens is 4. The van der Waals surface area contributed by atoms with Crippen molar-refractivity contribution in [3.8, 4) is 16.9 Å². The number of hydrogen-bond donors (Lipinski definition) is 0. The first-order valence-corrected chi connectivity index (χ1v) is 11.6. The third-order valence-electron chi connectivity index (χ3n) is 6.46. The molecule has 3 rings (SSSR count). The van der Waals surface area contributed by atoms with Crippen molar-refractivity contribution in [2.45, 2.75) is 77.6 Å². The van der Waals surface area contributed by atoms with Crippen LogP contribution in [0.2, 0.25) is 0 Å². The highest BCUT2D eigenvalue weighted by Gasteiger charge is 2.27. The van der Waals surface area contributed by atoms with Gasteiger partial charge < -0.3 is 4.74 Å². The van der Waals surface area contributed by atoms with Gasteiger partial charge in [0.2, 0.25) is 5.82 Å². The van der Waals surface area contributed by atoms with E-state index in [2.05, 4.69) is 6.92 Å². The molecule has 1 fully saturated rings. The van der Waals surface area contributed by atoms with Crippen LogP contribution in [-0.4, -0.2) is 6.61 Å². The predicted octanol–water partition coefficient (Wildman–Crippen LogP) is 8.55. The van der Waals surface area contributed by atoms with Crippen LogP contribution >= 0.6 is 0 Å². The maximum atomic E-state index is 14.9. The molecule has 0 unspecified atom stereocenters. The summed E-state index contributed by atoms with van der Waals surface area (Å²) in [5, 5.41) is 0. The van der Waals surface area contributed by atoms with Crippen molar-refractivity contribution in [1.82, 2.24) is 0 Å². The Morgan fingerprint density at radius 1 is 0.742 bits per heavy atom. The van der Waals surface area contributed by atoms with Gasteiger partial charge in [0.15, 0.2) is 23.2 Å². The second kappa shape index (κ2) is 11.0. The van der Waals surface area contributed by atoms with Gasteiger partial charge in [0, 0.05) is 11.1 Å². The molecule has 0 aliphatic heterocycles. The van der Waals surface area contributed by atoms with Gasteiger partial charge in [0.05, 0.1) is 6.61 Å². The fourth-order valence-electron chi connectivity index (χ4n) is 4.52. The lowest BCUT2D eigenvalue weighted by atomic mass is 9.76. The van der Waals surface area contributed by atoms with Crippen molar-refractivity contribution in [2.24, 2.45) is 5.92 Å². The van der Waals surface area contributed by atoms with E-state index in [9.17, 15) is 17.6 Å². The van der Waals surface area contributed by atoms with Crippen molar-refractivity contribution in [2.75, 3.05) is 6.61 Å². The number of unbranched alkanes of at least 4 members (excludes halogenated alkanes) is 2. The molecule has 1 saturated carbocycles. The van der Waals surface area contributed by atoms with Gasteiger partial charge in [0.25, 0.3) is 0 Å². The molecule has 0 saturated heterocycles. The average Bonchev–Trinajstić information content (AvgIpc) is 2.78. The molecule has 0 spiro atoms. The van der Waals surface area contributed by atoms with E-state index < -0.39 is 23.3 Å². The van der Waals surface area contributed by atoms with Crippen LogP contribution in [0, 0.1) is 29.2 Å². The summed E-state index contributed by atoms with van der Waals surface area (Å²) in [7, 11) is 0. The Morgan fingerprint density at radius 2 is 1.35 bits per heavy atom. The molecule has 1 aliphatic rings. The van der Waals surface area contributed by atoms with Crippen molar-refractivity contribution in [3.63, 3.8) is 0 Å². The highest BCUT2D eigenvalue weighted by molar-refractivity contribution is 5.66. The van der Waals surface area contributed by atoms with Crippen LogP contribution in [0.3, 0.4) is 0 Å². The normalized spacial score (nSPS) is 18.9. The molecular formula is C26H32F4O. The monoisotopic (exact) mass is 436 g/mol. The molecule has 1 aliphatic carbocycles. The molecule has 0 atom stereocenters. The van der Waals surface area contributed by atoms with Crippen molar-refractivity contribution in [3.05, 3.63) is 53.1 Å². The summed E-state index contributed by atoms with van der Waals surface area (Å²) in [6.45, 7) is 4.40. The molecule has 2 aromatic rings. The van der Waals surface area contributed by atoms with Crippen molar-refractivity contribution in [1.29, 1.82) is 0 Å². The first kappa shape index (κ1) is 23.6. The second-order valence-corrected chi connectivity index (χ2v) is 8.63. The number of ether oxygens (including phenoxy) is 1. The molecule has 5 heteroatoms. The molecule has 0 aromatic heterocycles. The van der Waals surface area contributed by atoms with Gasteiger partial charge in [-0.1, -0.05) is 51.7 Å². The molecule has 170 valence electrons. The average molecular weight is 437 g/mol. The summed E-state index contributed by atoms with van der Waals surface area (Å²) in [4.78, 5) is 0.